The summed E-state index contributed by atoms with van der Waals surface area (Å²) < 4.78 is 27.0. The van der Waals surface area contributed by atoms with Gasteiger partial charge in [-0.1, -0.05) is 23.5 Å². The van der Waals surface area contributed by atoms with E-state index in [1.54, 1.807) is 24.3 Å². The van der Waals surface area contributed by atoms with Crippen LogP contribution in [0.25, 0.3) is 0 Å². The van der Waals surface area contributed by atoms with E-state index in [-0.39, 0.29) is 11.2 Å². The fraction of sp³-hybridized carbons (Fsp3) is 0.500. The number of thioether (sulfide) groups is 2. The lowest BCUT2D eigenvalue weighted by Crippen LogP contribution is -2.23. The number of alkyl halides is 2. The Morgan fingerprint density at radius 1 is 1.15 bits per heavy atom. The molecule has 1 aromatic heterocycles. The molecular weight excluding hydrogens is 390 g/mol. The third-order valence-electron chi connectivity index (χ3n) is 4.54. The van der Waals surface area contributed by atoms with Crippen LogP contribution in [0.15, 0.2) is 34.3 Å². The summed E-state index contributed by atoms with van der Waals surface area (Å²) in [7, 11) is 0. The number of hydrogen-bond donors (Lipinski definition) is 1. The van der Waals surface area contributed by atoms with Crippen LogP contribution in [0, 0.1) is 0 Å². The summed E-state index contributed by atoms with van der Waals surface area (Å²) in [5.41, 5.74) is 0.591. The Labute approximate surface area is 164 Å². The first kappa shape index (κ1) is 18.7. The molecular formula is C18H20F2N4OS2. The standard InChI is InChI=1S/C18H20F2N4OS2/c1-10(16(25)21-12-4-8-14(9-5-12)27-17(19)20)26-18-23-22-15(11-2-3-11)24(18)13-6-7-13/h4-5,8-11,13,17H,2-3,6-7H2,1H3,(H,21,25)/t10-/m1/s1. The number of carbonyl (C=O) groups excluding carboxylic acids is 1. The van der Waals surface area contributed by atoms with Crippen molar-refractivity contribution in [2.75, 3.05) is 5.32 Å². The second kappa shape index (κ2) is 7.79. The predicted octanol–water partition coefficient (Wildman–Crippen LogP) is 4.92. The molecule has 1 N–H and O–H groups in total. The van der Waals surface area contributed by atoms with Crippen LogP contribution in [0.2, 0.25) is 0 Å². The van der Waals surface area contributed by atoms with Crippen molar-refractivity contribution in [2.24, 2.45) is 0 Å². The molecule has 1 amide bonds. The highest BCUT2D eigenvalue weighted by Crippen LogP contribution is 2.46. The van der Waals surface area contributed by atoms with Crippen molar-refractivity contribution in [1.29, 1.82) is 0 Å². The van der Waals surface area contributed by atoms with Crippen LogP contribution in [0.3, 0.4) is 0 Å². The number of rotatable bonds is 8. The third-order valence-corrected chi connectivity index (χ3v) is 6.32. The minimum absolute atomic E-state index is 0.146. The Morgan fingerprint density at radius 2 is 1.85 bits per heavy atom. The predicted molar refractivity (Wildman–Crippen MR) is 103 cm³/mol. The molecule has 0 radical (unpaired) electrons. The molecule has 5 nitrogen and oxygen atoms in total. The molecule has 9 heteroatoms. The molecule has 1 heterocycles. The molecule has 0 bridgehead atoms. The van der Waals surface area contributed by atoms with Gasteiger partial charge in [-0.2, -0.15) is 8.78 Å². The molecule has 0 unspecified atom stereocenters. The quantitative estimate of drug-likeness (QED) is 0.626. The van der Waals surface area contributed by atoms with Crippen LogP contribution in [-0.2, 0) is 4.79 Å². The summed E-state index contributed by atoms with van der Waals surface area (Å²) in [5.74, 6) is -1.00. The number of aromatic nitrogens is 3. The fourth-order valence-corrected chi connectivity index (χ4v) is 4.27. The van der Waals surface area contributed by atoms with Gasteiger partial charge in [-0.05, 0) is 56.9 Å². The average Bonchev–Trinajstić information content (AvgIpc) is 3.55. The van der Waals surface area contributed by atoms with E-state index in [4.69, 9.17) is 0 Å². The van der Waals surface area contributed by atoms with Gasteiger partial charge in [-0.3, -0.25) is 4.79 Å². The zero-order valence-corrected chi connectivity index (χ0v) is 16.4. The van der Waals surface area contributed by atoms with Gasteiger partial charge in [0.1, 0.15) is 5.82 Å². The zero-order chi connectivity index (χ0) is 19.0. The molecule has 2 saturated carbocycles. The van der Waals surface area contributed by atoms with Crippen molar-refractivity contribution in [3.05, 3.63) is 30.1 Å². The van der Waals surface area contributed by atoms with Gasteiger partial charge in [-0.15, -0.1) is 10.2 Å². The number of benzene rings is 1. The highest BCUT2D eigenvalue weighted by atomic mass is 32.2. The SMILES string of the molecule is C[C@@H](Sc1nnc(C2CC2)n1C1CC1)C(=O)Nc1ccc(SC(F)F)cc1. The number of nitrogens with one attached hydrogen (secondary N) is 1. The van der Waals surface area contributed by atoms with Crippen LogP contribution in [0.5, 0.6) is 0 Å². The van der Waals surface area contributed by atoms with Crippen molar-refractivity contribution in [3.8, 4) is 0 Å². The summed E-state index contributed by atoms with van der Waals surface area (Å²) in [6, 6.07) is 6.91. The van der Waals surface area contributed by atoms with E-state index < -0.39 is 5.76 Å². The largest absolute Gasteiger partial charge is 0.325 e. The second-order valence-corrected chi connectivity index (χ2v) is 9.24. The van der Waals surface area contributed by atoms with E-state index in [9.17, 15) is 13.6 Å². The number of halogens is 2. The highest BCUT2D eigenvalue weighted by molar-refractivity contribution is 8.00. The molecule has 2 aliphatic carbocycles. The normalized spacial score (nSPS) is 17.9. The monoisotopic (exact) mass is 410 g/mol. The molecule has 0 aliphatic heterocycles. The van der Waals surface area contributed by atoms with Gasteiger partial charge >= 0.3 is 0 Å². The fourth-order valence-electron chi connectivity index (χ4n) is 2.84. The van der Waals surface area contributed by atoms with Gasteiger partial charge in [0.25, 0.3) is 5.76 Å². The maximum Gasteiger partial charge on any atom is 0.288 e. The number of anilines is 1. The first-order valence-electron chi connectivity index (χ1n) is 8.98. The average molecular weight is 411 g/mol. The lowest BCUT2D eigenvalue weighted by molar-refractivity contribution is -0.115. The molecule has 2 fully saturated rings. The van der Waals surface area contributed by atoms with E-state index >= 15 is 0 Å². The second-order valence-electron chi connectivity index (χ2n) is 6.87. The Hall–Kier alpha value is -1.61. The van der Waals surface area contributed by atoms with E-state index in [1.165, 1.54) is 24.6 Å². The van der Waals surface area contributed by atoms with E-state index in [0.29, 0.717) is 34.3 Å². The van der Waals surface area contributed by atoms with Gasteiger partial charge in [0.05, 0.1) is 5.25 Å². The Bertz CT molecular complexity index is 819. The number of nitrogens with zero attached hydrogens (tertiary/aromatic N) is 3. The molecule has 0 saturated heterocycles. The van der Waals surface area contributed by atoms with Crippen molar-refractivity contribution < 1.29 is 13.6 Å². The van der Waals surface area contributed by atoms with Crippen LogP contribution in [0.4, 0.5) is 14.5 Å². The van der Waals surface area contributed by atoms with Gasteiger partial charge < -0.3 is 9.88 Å². The van der Waals surface area contributed by atoms with Crippen LogP contribution in [-0.4, -0.2) is 31.7 Å². The minimum atomic E-state index is -2.45. The van der Waals surface area contributed by atoms with Gasteiger partial charge in [0.2, 0.25) is 5.91 Å². The summed E-state index contributed by atoms with van der Waals surface area (Å²) in [4.78, 5) is 13.0. The lowest BCUT2D eigenvalue weighted by atomic mass is 10.3. The van der Waals surface area contributed by atoms with Crippen LogP contribution >= 0.6 is 23.5 Å². The molecule has 1 aromatic carbocycles. The highest BCUT2D eigenvalue weighted by Gasteiger charge is 2.37. The zero-order valence-electron chi connectivity index (χ0n) is 14.8. The van der Waals surface area contributed by atoms with E-state index in [2.05, 4.69) is 20.1 Å². The lowest BCUT2D eigenvalue weighted by Gasteiger charge is -2.13. The summed E-state index contributed by atoms with van der Waals surface area (Å²) in [5, 5.41) is 12.0. The molecule has 0 spiro atoms. The molecule has 1 atom stereocenters. The number of amides is 1. The van der Waals surface area contributed by atoms with E-state index in [1.807, 2.05) is 6.92 Å². The molecule has 144 valence electrons. The first-order valence-corrected chi connectivity index (χ1v) is 10.7. The smallest absolute Gasteiger partial charge is 0.288 e. The summed E-state index contributed by atoms with van der Waals surface area (Å²) >= 11 is 1.90. The van der Waals surface area contributed by atoms with Gasteiger partial charge in [-0.25, -0.2) is 0 Å². The maximum atomic E-state index is 12.5. The Balaban J connectivity index is 1.38. The number of carbonyl (C=O) groups is 1. The molecule has 4 rings (SSSR count). The van der Waals surface area contributed by atoms with E-state index in [0.717, 1.165) is 23.8 Å². The van der Waals surface area contributed by atoms with Crippen molar-refractivity contribution >= 4 is 35.1 Å². The third kappa shape index (κ3) is 4.63. The summed E-state index contributed by atoms with van der Waals surface area (Å²) in [6.07, 6.45) is 4.64. The van der Waals surface area contributed by atoms with Gasteiger partial charge in [0, 0.05) is 22.5 Å². The molecule has 2 aromatic rings. The Kier molecular flexibility index (Phi) is 5.41. The summed E-state index contributed by atoms with van der Waals surface area (Å²) in [6.45, 7) is 1.84. The maximum absolute atomic E-state index is 12.5. The van der Waals surface area contributed by atoms with Crippen molar-refractivity contribution in [3.63, 3.8) is 0 Å². The topological polar surface area (TPSA) is 59.8 Å². The Morgan fingerprint density at radius 3 is 2.44 bits per heavy atom. The number of hydrogen-bond acceptors (Lipinski definition) is 5. The van der Waals surface area contributed by atoms with Gasteiger partial charge in [0.15, 0.2) is 5.16 Å². The van der Waals surface area contributed by atoms with Crippen LogP contribution < -0.4 is 5.32 Å². The van der Waals surface area contributed by atoms with Crippen LogP contribution in [0.1, 0.15) is 50.4 Å². The molecule has 2 aliphatic rings. The van der Waals surface area contributed by atoms with Crippen molar-refractivity contribution in [1.82, 2.24) is 14.8 Å². The minimum Gasteiger partial charge on any atom is -0.325 e. The molecule has 27 heavy (non-hydrogen) atoms. The van der Waals surface area contributed by atoms with Crippen molar-refractivity contribution in [2.45, 2.75) is 65.6 Å². The first-order chi connectivity index (χ1) is 13.0.